The smallest absolute Gasteiger partial charge is 0.380 e. The Kier molecular flexibility index (Phi) is 4.41. The monoisotopic (exact) mass is 212 g/mol. The standard InChI is InChI=1S/C8H14F2O4/c1-4-14-6(11)8(9,10)7(2,12)5-13-3/h12H,4-5H2,1-3H3. The zero-order valence-electron chi connectivity index (χ0n) is 8.34. The topological polar surface area (TPSA) is 55.8 Å². The van der Waals surface area contributed by atoms with Crippen molar-refractivity contribution in [1.82, 2.24) is 0 Å². The van der Waals surface area contributed by atoms with Gasteiger partial charge in [0.15, 0.2) is 5.60 Å². The Bertz CT molecular complexity index is 204. The summed E-state index contributed by atoms with van der Waals surface area (Å²) in [7, 11) is 1.15. The van der Waals surface area contributed by atoms with Crippen LogP contribution in [0.4, 0.5) is 8.78 Å². The second kappa shape index (κ2) is 4.65. The van der Waals surface area contributed by atoms with Gasteiger partial charge in [0.1, 0.15) is 0 Å². The van der Waals surface area contributed by atoms with Crippen molar-refractivity contribution in [2.45, 2.75) is 25.4 Å². The molecule has 0 aromatic rings. The maximum atomic E-state index is 13.2. The lowest BCUT2D eigenvalue weighted by molar-refractivity contribution is -0.218. The molecule has 0 radical (unpaired) electrons. The third-order valence-corrected chi connectivity index (χ3v) is 1.63. The van der Waals surface area contributed by atoms with Crippen molar-refractivity contribution in [1.29, 1.82) is 0 Å². The van der Waals surface area contributed by atoms with Crippen LogP contribution < -0.4 is 0 Å². The Morgan fingerprint density at radius 3 is 2.36 bits per heavy atom. The first-order valence-electron chi connectivity index (χ1n) is 4.06. The fourth-order valence-electron chi connectivity index (χ4n) is 0.813. The number of carbonyl (C=O) groups is 1. The fourth-order valence-corrected chi connectivity index (χ4v) is 0.813. The molecule has 84 valence electrons. The molecule has 0 saturated heterocycles. The number of rotatable bonds is 5. The molecule has 6 heteroatoms. The summed E-state index contributed by atoms with van der Waals surface area (Å²) in [5.74, 6) is -5.72. The maximum Gasteiger partial charge on any atom is 0.380 e. The molecule has 0 spiro atoms. The molecule has 0 aromatic carbocycles. The third kappa shape index (κ3) is 2.62. The van der Waals surface area contributed by atoms with Crippen LogP contribution in [0.1, 0.15) is 13.8 Å². The van der Waals surface area contributed by atoms with E-state index in [9.17, 15) is 18.7 Å². The lowest BCUT2D eigenvalue weighted by Crippen LogP contribution is -2.54. The van der Waals surface area contributed by atoms with Crippen molar-refractivity contribution in [3.05, 3.63) is 0 Å². The lowest BCUT2D eigenvalue weighted by atomic mass is 9.99. The molecule has 0 aliphatic carbocycles. The molecule has 0 fully saturated rings. The fraction of sp³-hybridized carbons (Fsp3) is 0.875. The van der Waals surface area contributed by atoms with Gasteiger partial charge in [0.2, 0.25) is 0 Å². The number of aliphatic hydroxyl groups is 1. The summed E-state index contributed by atoms with van der Waals surface area (Å²) < 4.78 is 34.8. The van der Waals surface area contributed by atoms with Crippen LogP contribution in [-0.4, -0.2) is 42.9 Å². The second-order valence-electron chi connectivity index (χ2n) is 3.00. The molecule has 1 atom stereocenters. The molecule has 4 nitrogen and oxygen atoms in total. The minimum absolute atomic E-state index is 0.169. The first kappa shape index (κ1) is 13.2. The summed E-state index contributed by atoms with van der Waals surface area (Å²) in [5, 5.41) is 9.26. The summed E-state index contributed by atoms with van der Waals surface area (Å²) in [6, 6.07) is 0. The highest BCUT2D eigenvalue weighted by atomic mass is 19.3. The number of esters is 1. The van der Waals surface area contributed by atoms with E-state index >= 15 is 0 Å². The molecule has 0 aromatic heterocycles. The van der Waals surface area contributed by atoms with Crippen molar-refractivity contribution in [2.24, 2.45) is 0 Å². The van der Waals surface area contributed by atoms with Crippen LogP contribution in [0, 0.1) is 0 Å². The number of methoxy groups -OCH3 is 1. The Hall–Kier alpha value is -0.750. The Morgan fingerprint density at radius 2 is 2.00 bits per heavy atom. The van der Waals surface area contributed by atoms with E-state index < -0.39 is 24.1 Å². The van der Waals surface area contributed by atoms with Crippen LogP contribution in [0.2, 0.25) is 0 Å². The molecule has 1 unspecified atom stereocenters. The average Bonchev–Trinajstić information content (AvgIpc) is 2.04. The van der Waals surface area contributed by atoms with E-state index in [4.69, 9.17) is 0 Å². The van der Waals surface area contributed by atoms with E-state index in [-0.39, 0.29) is 6.61 Å². The molecule has 0 rings (SSSR count). The number of ether oxygens (including phenoxy) is 2. The van der Waals surface area contributed by atoms with Crippen LogP contribution in [0.3, 0.4) is 0 Å². The number of alkyl halides is 2. The molecule has 0 bridgehead atoms. The number of halogens is 2. The van der Waals surface area contributed by atoms with Crippen molar-refractivity contribution in [2.75, 3.05) is 20.3 Å². The van der Waals surface area contributed by atoms with Gasteiger partial charge in [0.25, 0.3) is 0 Å². The van der Waals surface area contributed by atoms with Gasteiger partial charge in [-0.3, -0.25) is 0 Å². The predicted molar refractivity (Wildman–Crippen MR) is 44.1 cm³/mol. The van der Waals surface area contributed by atoms with Gasteiger partial charge in [-0.15, -0.1) is 0 Å². The van der Waals surface area contributed by atoms with Gasteiger partial charge >= 0.3 is 11.9 Å². The first-order chi connectivity index (χ1) is 6.29. The van der Waals surface area contributed by atoms with Gasteiger partial charge in [-0.25, -0.2) is 4.79 Å². The molecule has 0 saturated carbocycles. The lowest BCUT2D eigenvalue weighted by Gasteiger charge is -2.29. The van der Waals surface area contributed by atoms with Gasteiger partial charge in [-0.05, 0) is 13.8 Å². The molecule has 0 heterocycles. The third-order valence-electron chi connectivity index (χ3n) is 1.63. The van der Waals surface area contributed by atoms with E-state index in [0.717, 1.165) is 14.0 Å². The van der Waals surface area contributed by atoms with Crippen LogP contribution in [0.15, 0.2) is 0 Å². The summed E-state index contributed by atoms with van der Waals surface area (Å²) in [5.41, 5.74) is -2.56. The van der Waals surface area contributed by atoms with Crippen molar-refractivity contribution < 1.29 is 28.2 Å². The van der Waals surface area contributed by atoms with E-state index in [1.807, 2.05) is 0 Å². The Labute approximate surface area is 80.8 Å². The number of hydrogen-bond acceptors (Lipinski definition) is 4. The van der Waals surface area contributed by atoms with Gasteiger partial charge in [0, 0.05) is 7.11 Å². The molecule has 0 amide bonds. The van der Waals surface area contributed by atoms with Gasteiger partial charge < -0.3 is 14.6 Å². The summed E-state index contributed by atoms with van der Waals surface area (Å²) in [6.07, 6.45) is 0. The van der Waals surface area contributed by atoms with E-state index in [0.29, 0.717) is 0 Å². The van der Waals surface area contributed by atoms with E-state index in [1.165, 1.54) is 6.92 Å². The maximum absolute atomic E-state index is 13.2. The minimum Gasteiger partial charge on any atom is -0.461 e. The highest BCUT2D eigenvalue weighted by molar-refractivity contribution is 5.79. The molecule has 0 aliphatic heterocycles. The highest BCUT2D eigenvalue weighted by Crippen LogP contribution is 2.30. The summed E-state index contributed by atoms with van der Waals surface area (Å²) in [6.45, 7) is 1.39. The first-order valence-corrected chi connectivity index (χ1v) is 4.06. The SMILES string of the molecule is CCOC(=O)C(F)(F)C(C)(O)COC. The summed E-state index contributed by atoms with van der Waals surface area (Å²) in [4.78, 5) is 10.8. The molecule has 1 N–H and O–H groups in total. The van der Waals surface area contributed by atoms with E-state index in [1.54, 1.807) is 0 Å². The van der Waals surface area contributed by atoms with Gasteiger partial charge in [-0.1, -0.05) is 0 Å². The number of hydrogen-bond donors (Lipinski definition) is 1. The van der Waals surface area contributed by atoms with Crippen LogP contribution in [-0.2, 0) is 14.3 Å². The molecule has 14 heavy (non-hydrogen) atoms. The van der Waals surface area contributed by atoms with Gasteiger partial charge in [-0.2, -0.15) is 8.78 Å². The van der Waals surface area contributed by atoms with Crippen LogP contribution in [0.5, 0.6) is 0 Å². The molecular weight excluding hydrogens is 198 g/mol. The minimum atomic E-state index is -3.97. The average molecular weight is 212 g/mol. The summed E-state index contributed by atoms with van der Waals surface area (Å²) >= 11 is 0. The zero-order chi connectivity index (χ0) is 11.4. The molecular formula is C8H14F2O4. The predicted octanol–water partition coefficient (Wildman–Crippen LogP) is 0.582. The Balaban J connectivity index is 4.65. The van der Waals surface area contributed by atoms with E-state index in [2.05, 4.69) is 9.47 Å². The highest BCUT2D eigenvalue weighted by Gasteiger charge is 2.56. The second-order valence-corrected chi connectivity index (χ2v) is 3.00. The molecule has 0 aliphatic rings. The largest absolute Gasteiger partial charge is 0.461 e. The van der Waals surface area contributed by atoms with Crippen LogP contribution >= 0.6 is 0 Å². The number of carbonyl (C=O) groups excluding carboxylic acids is 1. The zero-order valence-corrected chi connectivity index (χ0v) is 8.34. The van der Waals surface area contributed by atoms with Crippen LogP contribution in [0.25, 0.3) is 0 Å². The Morgan fingerprint density at radius 1 is 1.50 bits per heavy atom. The normalized spacial score (nSPS) is 16.1. The quantitative estimate of drug-likeness (QED) is 0.677. The van der Waals surface area contributed by atoms with Crippen molar-refractivity contribution in [3.63, 3.8) is 0 Å². The van der Waals surface area contributed by atoms with Crippen molar-refractivity contribution in [3.8, 4) is 0 Å². The van der Waals surface area contributed by atoms with Crippen molar-refractivity contribution >= 4 is 5.97 Å². The van der Waals surface area contributed by atoms with Gasteiger partial charge in [0.05, 0.1) is 13.2 Å².